The van der Waals surface area contributed by atoms with Crippen molar-refractivity contribution in [2.24, 2.45) is 0 Å². The van der Waals surface area contributed by atoms with Gasteiger partial charge in [-0.3, -0.25) is 4.72 Å². The van der Waals surface area contributed by atoms with Crippen molar-refractivity contribution >= 4 is 27.4 Å². The van der Waals surface area contributed by atoms with E-state index < -0.39 is 16.0 Å². The normalized spacial score (nSPS) is 14.4. The van der Waals surface area contributed by atoms with Gasteiger partial charge in [0, 0.05) is 18.8 Å². The molecule has 0 aliphatic heterocycles. The number of anilines is 2. The zero-order valence-corrected chi connectivity index (χ0v) is 20.8. The number of hydrogen-bond donors (Lipinski definition) is 2. The Hall–Kier alpha value is -3.32. The lowest BCUT2D eigenvalue weighted by atomic mass is 9.84. The topological polar surface area (TPSA) is 86.7 Å². The minimum absolute atomic E-state index is 0.0515. The van der Waals surface area contributed by atoms with Gasteiger partial charge in [-0.2, -0.15) is 0 Å². The van der Waals surface area contributed by atoms with Gasteiger partial charge in [-0.25, -0.2) is 13.2 Å². The molecule has 7 heteroatoms. The van der Waals surface area contributed by atoms with Gasteiger partial charge in [-0.1, -0.05) is 61.7 Å². The Bertz CT molecular complexity index is 1250. The summed E-state index contributed by atoms with van der Waals surface area (Å²) in [5, 5.41) is 9.87. The molecule has 0 spiro atoms. The van der Waals surface area contributed by atoms with Gasteiger partial charge in [-0.05, 0) is 67.1 Å². The highest BCUT2D eigenvalue weighted by atomic mass is 32.2. The molecule has 1 saturated carbocycles. The van der Waals surface area contributed by atoms with Gasteiger partial charge in [0.1, 0.15) is 0 Å². The van der Waals surface area contributed by atoms with E-state index in [1.54, 1.807) is 24.3 Å². The molecular formula is C28H32N2O4S. The Morgan fingerprint density at radius 3 is 2.29 bits per heavy atom. The Morgan fingerprint density at radius 2 is 1.66 bits per heavy atom. The van der Waals surface area contributed by atoms with E-state index in [1.807, 2.05) is 54.3 Å². The Morgan fingerprint density at radius 1 is 0.971 bits per heavy atom. The Balaban J connectivity index is 1.54. The van der Waals surface area contributed by atoms with Crippen molar-refractivity contribution in [2.75, 3.05) is 16.2 Å². The summed E-state index contributed by atoms with van der Waals surface area (Å²) in [6, 6.07) is 21.6. The fourth-order valence-corrected chi connectivity index (χ4v) is 5.84. The molecule has 6 nitrogen and oxygen atoms in total. The van der Waals surface area contributed by atoms with E-state index in [0.29, 0.717) is 24.7 Å². The van der Waals surface area contributed by atoms with Crippen LogP contribution in [0.15, 0.2) is 77.7 Å². The second kappa shape index (κ2) is 11.0. The second-order valence-corrected chi connectivity index (χ2v) is 10.7. The second-order valence-electron chi connectivity index (χ2n) is 9.05. The van der Waals surface area contributed by atoms with Crippen molar-refractivity contribution in [3.05, 3.63) is 89.5 Å². The highest BCUT2D eigenvalue weighted by molar-refractivity contribution is 7.92. The van der Waals surface area contributed by atoms with Gasteiger partial charge >= 0.3 is 5.97 Å². The van der Waals surface area contributed by atoms with Crippen LogP contribution < -0.4 is 9.62 Å². The van der Waals surface area contributed by atoms with Gasteiger partial charge in [0.15, 0.2) is 0 Å². The van der Waals surface area contributed by atoms with E-state index in [0.717, 1.165) is 18.4 Å². The number of carboxylic acid groups (broad SMARTS) is 1. The molecule has 0 amide bonds. The van der Waals surface area contributed by atoms with Crippen LogP contribution in [0.1, 0.15) is 66.4 Å². The molecule has 3 aromatic carbocycles. The first-order valence-electron chi connectivity index (χ1n) is 12.2. The van der Waals surface area contributed by atoms with Crippen LogP contribution in [0.2, 0.25) is 0 Å². The molecule has 184 valence electrons. The van der Waals surface area contributed by atoms with Crippen molar-refractivity contribution in [3.8, 4) is 0 Å². The lowest BCUT2D eigenvalue weighted by molar-refractivity contribution is 0.0697. The number of nitrogens with one attached hydrogen (secondary N) is 1. The predicted octanol–water partition coefficient (Wildman–Crippen LogP) is 6.26. The monoisotopic (exact) mass is 492 g/mol. The van der Waals surface area contributed by atoms with E-state index in [9.17, 15) is 18.3 Å². The molecule has 1 aliphatic carbocycles. The molecule has 0 atom stereocenters. The summed E-state index contributed by atoms with van der Waals surface area (Å²) in [6.45, 7) is 3.12. The number of benzene rings is 3. The fourth-order valence-electron chi connectivity index (χ4n) is 4.79. The van der Waals surface area contributed by atoms with Crippen molar-refractivity contribution in [1.29, 1.82) is 0 Å². The number of rotatable bonds is 9. The maximum absolute atomic E-state index is 13.0. The molecule has 1 aliphatic rings. The minimum Gasteiger partial charge on any atom is -0.478 e. The number of sulfonamides is 1. The average molecular weight is 493 g/mol. The third-order valence-corrected chi connectivity index (χ3v) is 8.08. The van der Waals surface area contributed by atoms with Crippen LogP contribution in [0.3, 0.4) is 0 Å². The van der Waals surface area contributed by atoms with E-state index in [-0.39, 0.29) is 16.1 Å². The van der Waals surface area contributed by atoms with Gasteiger partial charge < -0.3 is 10.0 Å². The summed E-state index contributed by atoms with van der Waals surface area (Å²) in [6.07, 6.45) is 6.00. The largest absolute Gasteiger partial charge is 0.478 e. The standard InChI is InChI=1S/C28H32N2O4S/c1-2-30(20-21-9-5-3-6-10-21)27-18-15-24(19-26(27)28(31)32)29-35(33,34)25-16-13-23(14-17-25)22-11-7-4-8-12-22/h3,5-6,9-10,13-19,22,29H,2,4,7-8,11-12,20H2,1H3,(H,31,32). The van der Waals surface area contributed by atoms with Crippen molar-refractivity contribution in [1.82, 2.24) is 0 Å². The van der Waals surface area contributed by atoms with E-state index >= 15 is 0 Å². The molecular weight excluding hydrogens is 460 g/mol. The van der Waals surface area contributed by atoms with Gasteiger partial charge in [0.25, 0.3) is 10.0 Å². The summed E-state index contributed by atoms with van der Waals surface area (Å²) in [5.74, 6) is -0.610. The molecule has 1 fully saturated rings. The molecule has 0 bridgehead atoms. The lowest BCUT2D eigenvalue weighted by Crippen LogP contribution is -2.24. The van der Waals surface area contributed by atoms with Gasteiger partial charge in [-0.15, -0.1) is 0 Å². The van der Waals surface area contributed by atoms with E-state index in [4.69, 9.17) is 0 Å². The van der Waals surface area contributed by atoms with Gasteiger partial charge in [0.05, 0.1) is 16.1 Å². The van der Waals surface area contributed by atoms with Crippen molar-refractivity contribution < 1.29 is 18.3 Å². The quantitative estimate of drug-likeness (QED) is 0.368. The fraction of sp³-hybridized carbons (Fsp3) is 0.321. The van der Waals surface area contributed by atoms with Crippen LogP contribution in [-0.2, 0) is 16.6 Å². The zero-order valence-electron chi connectivity index (χ0n) is 20.0. The molecule has 3 aromatic rings. The summed E-state index contributed by atoms with van der Waals surface area (Å²) in [5.41, 5.74) is 3.06. The Kier molecular flexibility index (Phi) is 7.76. The number of carboxylic acids is 1. The summed E-state index contributed by atoms with van der Waals surface area (Å²) >= 11 is 0. The zero-order chi connectivity index (χ0) is 24.8. The lowest BCUT2D eigenvalue weighted by Gasteiger charge is -2.25. The highest BCUT2D eigenvalue weighted by Crippen LogP contribution is 2.33. The van der Waals surface area contributed by atoms with E-state index in [1.165, 1.54) is 30.9 Å². The highest BCUT2D eigenvalue weighted by Gasteiger charge is 2.21. The molecule has 0 saturated heterocycles. The van der Waals surface area contributed by atoms with Crippen molar-refractivity contribution in [3.63, 3.8) is 0 Å². The maximum atomic E-state index is 13.0. The number of nitrogens with zero attached hydrogens (tertiary/aromatic N) is 1. The third kappa shape index (κ3) is 6.03. The minimum atomic E-state index is -3.85. The van der Waals surface area contributed by atoms with E-state index in [2.05, 4.69) is 4.72 Å². The predicted molar refractivity (Wildman–Crippen MR) is 140 cm³/mol. The van der Waals surface area contributed by atoms with Crippen LogP contribution >= 0.6 is 0 Å². The average Bonchev–Trinajstić information content (AvgIpc) is 2.88. The first-order chi connectivity index (χ1) is 16.9. The van der Waals surface area contributed by atoms with Gasteiger partial charge in [0.2, 0.25) is 0 Å². The van der Waals surface area contributed by atoms with Crippen LogP contribution in [0.25, 0.3) is 0 Å². The summed E-state index contributed by atoms with van der Waals surface area (Å²) < 4.78 is 28.6. The first kappa shape index (κ1) is 24.8. The van der Waals surface area contributed by atoms with Crippen LogP contribution in [0.4, 0.5) is 11.4 Å². The maximum Gasteiger partial charge on any atom is 0.337 e. The molecule has 0 aromatic heterocycles. The molecule has 0 unspecified atom stereocenters. The number of aromatic carboxylic acids is 1. The van der Waals surface area contributed by atoms with Crippen molar-refractivity contribution in [2.45, 2.75) is 56.4 Å². The summed E-state index contributed by atoms with van der Waals surface area (Å²) in [7, 11) is -3.85. The Labute approximate surface area is 207 Å². The first-order valence-corrected chi connectivity index (χ1v) is 13.6. The number of hydrogen-bond acceptors (Lipinski definition) is 4. The molecule has 2 N–H and O–H groups in total. The SMILES string of the molecule is CCN(Cc1ccccc1)c1ccc(NS(=O)(=O)c2ccc(C3CCCCC3)cc2)cc1C(=O)O. The number of carbonyl (C=O) groups is 1. The van der Waals surface area contributed by atoms with Crippen LogP contribution in [0.5, 0.6) is 0 Å². The molecule has 35 heavy (non-hydrogen) atoms. The molecule has 0 radical (unpaired) electrons. The molecule has 0 heterocycles. The smallest absolute Gasteiger partial charge is 0.337 e. The molecule has 4 rings (SSSR count). The summed E-state index contributed by atoms with van der Waals surface area (Å²) in [4.78, 5) is 14.2. The van der Waals surface area contributed by atoms with Crippen LogP contribution in [0, 0.1) is 0 Å². The van der Waals surface area contributed by atoms with Crippen LogP contribution in [-0.4, -0.2) is 26.0 Å². The third-order valence-electron chi connectivity index (χ3n) is 6.68.